The van der Waals surface area contributed by atoms with Crippen LogP contribution in [0.25, 0.3) is 0 Å². The van der Waals surface area contributed by atoms with Gasteiger partial charge in [-0.2, -0.15) is 0 Å². The van der Waals surface area contributed by atoms with Crippen LogP contribution in [0.1, 0.15) is 44.9 Å². The minimum Gasteiger partial charge on any atom is -0.325 e. The van der Waals surface area contributed by atoms with E-state index in [0.29, 0.717) is 17.4 Å². The van der Waals surface area contributed by atoms with Crippen LogP contribution < -0.4 is 5.73 Å². The molecular formula is C11H21NO2S. The number of rotatable bonds is 3. The Morgan fingerprint density at radius 3 is 2.47 bits per heavy atom. The van der Waals surface area contributed by atoms with Gasteiger partial charge in [-0.3, -0.25) is 0 Å². The molecule has 0 aromatic carbocycles. The number of hydrogen-bond acceptors (Lipinski definition) is 3. The fourth-order valence-electron chi connectivity index (χ4n) is 2.92. The Morgan fingerprint density at radius 2 is 1.93 bits per heavy atom. The van der Waals surface area contributed by atoms with Crippen LogP contribution in [0.15, 0.2) is 0 Å². The van der Waals surface area contributed by atoms with E-state index in [1.54, 1.807) is 0 Å². The zero-order valence-electron chi connectivity index (χ0n) is 9.24. The standard InChI is InChI=1S/C11H21NO2S/c12-11(5-1-2-6-11)7-3-10-4-8-15(13,14)9-10/h10H,1-9,12H2. The first-order valence-corrected chi connectivity index (χ1v) is 7.81. The van der Waals surface area contributed by atoms with Crippen molar-refractivity contribution in [2.75, 3.05) is 11.5 Å². The Kier molecular flexibility index (Phi) is 3.08. The van der Waals surface area contributed by atoms with Crippen molar-refractivity contribution in [2.45, 2.75) is 50.5 Å². The largest absolute Gasteiger partial charge is 0.325 e. The van der Waals surface area contributed by atoms with Gasteiger partial charge in [0.05, 0.1) is 11.5 Å². The summed E-state index contributed by atoms with van der Waals surface area (Å²) < 4.78 is 22.6. The summed E-state index contributed by atoms with van der Waals surface area (Å²) in [6.45, 7) is 0. The second kappa shape index (κ2) is 4.06. The second-order valence-electron chi connectivity index (χ2n) is 5.38. The lowest BCUT2D eigenvalue weighted by Crippen LogP contribution is -2.36. The molecule has 88 valence electrons. The monoisotopic (exact) mass is 231 g/mol. The fraction of sp³-hybridized carbons (Fsp3) is 1.00. The molecule has 0 aromatic rings. The van der Waals surface area contributed by atoms with E-state index >= 15 is 0 Å². The average molecular weight is 231 g/mol. The van der Waals surface area contributed by atoms with Crippen molar-refractivity contribution in [3.63, 3.8) is 0 Å². The maximum absolute atomic E-state index is 11.3. The molecule has 0 spiro atoms. The van der Waals surface area contributed by atoms with Crippen LogP contribution in [0.2, 0.25) is 0 Å². The van der Waals surface area contributed by atoms with E-state index in [9.17, 15) is 8.42 Å². The molecular weight excluding hydrogens is 210 g/mol. The van der Waals surface area contributed by atoms with Gasteiger partial charge in [-0.25, -0.2) is 8.42 Å². The van der Waals surface area contributed by atoms with Crippen molar-refractivity contribution in [3.05, 3.63) is 0 Å². The molecule has 1 saturated carbocycles. The molecule has 3 nitrogen and oxygen atoms in total. The van der Waals surface area contributed by atoms with Gasteiger partial charge in [0.25, 0.3) is 0 Å². The zero-order valence-corrected chi connectivity index (χ0v) is 10.1. The molecule has 0 amide bonds. The summed E-state index contributed by atoms with van der Waals surface area (Å²) in [7, 11) is -2.70. The normalized spacial score (nSPS) is 33.3. The maximum Gasteiger partial charge on any atom is 0.150 e. The predicted octanol–water partition coefficient (Wildman–Crippen LogP) is 1.47. The molecule has 1 aliphatic heterocycles. The highest BCUT2D eigenvalue weighted by Crippen LogP contribution is 2.34. The van der Waals surface area contributed by atoms with E-state index in [2.05, 4.69) is 0 Å². The third-order valence-electron chi connectivity index (χ3n) is 3.98. The fourth-order valence-corrected chi connectivity index (χ4v) is 4.83. The van der Waals surface area contributed by atoms with E-state index in [1.807, 2.05) is 0 Å². The second-order valence-corrected chi connectivity index (χ2v) is 7.61. The van der Waals surface area contributed by atoms with Gasteiger partial charge in [0.15, 0.2) is 9.84 Å². The lowest BCUT2D eigenvalue weighted by molar-refractivity contribution is 0.358. The maximum atomic E-state index is 11.3. The van der Waals surface area contributed by atoms with Crippen LogP contribution in [0.5, 0.6) is 0 Å². The van der Waals surface area contributed by atoms with Crippen molar-refractivity contribution < 1.29 is 8.42 Å². The first kappa shape index (κ1) is 11.4. The highest BCUT2D eigenvalue weighted by atomic mass is 32.2. The Morgan fingerprint density at radius 1 is 1.27 bits per heavy atom. The highest BCUT2D eigenvalue weighted by Gasteiger charge is 2.33. The van der Waals surface area contributed by atoms with Crippen molar-refractivity contribution in [1.82, 2.24) is 0 Å². The number of hydrogen-bond donors (Lipinski definition) is 1. The van der Waals surface area contributed by atoms with Crippen molar-refractivity contribution >= 4 is 9.84 Å². The molecule has 0 radical (unpaired) electrons. The molecule has 1 saturated heterocycles. The van der Waals surface area contributed by atoms with Crippen molar-refractivity contribution in [3.8, 4) is 0 Å². The molecule has 0 aromatic heterocycles. The molecule has 1 heterocycles. The van der Waals surface area contributed by atoms with Crippen molar-refractivity contribution in [1.29, 1.82) is 0 Å². The van der Waals surface area contributed by atoms with Crippen LogP contribution in [-0.4, -0.2) is 25.5 Å². The summed E-state index contributed by atoms with van der Waals surface area (Å²) in [6, 6.07) is 0. The van der Waals surface area contributed by atoms with Gasteiger partial charge in [-0.1, -0.05) is 12.8 Å². The van der Waals surface area contributed by atoms with E-state index in [1.165, 1.54) is 12.8 Å². The molecule has 1 aliphatic carbocycles. The van der Waals surface area contributed by atoms with Gasteiger partial charge < -0.3 is 5.73 Å². The Labute approximate surface area is 92.3 Å². The van der Waals surface area contributed by atoms with Gasteiger partial charge in [0.2, 0.25) is 0 Å². The highest BCUT2D eigenvalue weighted by molar-refractivity contribution is 7.91. The quantitative estimate of drug-likeness (QED) is 0.800. The summed E-state index contributed by atoms with van der Waals surface area (Å²) in [4.78, 5) is 0. The molecule has 0 bridgehead atoms. The lowest BCUT2D eigenvalue weighted by atomic mass is 9.88. The van der Waals surface area contributed by atoms with Gasteiger partial charge in [0.1, 0.15) is 0 Å². The topological polar surface area (TPSA) is 60.2 Å². The van der Waals surface area contributed by atoms with Gasteiger partial charge in [-0.15, -0.1) is 0 Å². The third-order valence-corrected chi connectivity index (χ3v) is 5.81. The summed E-state index contributed by atoms with van der Waals surface area (Å²) in [5.74, 6) is 1.19. The Balaban J connectivity index is 1.79. The summed E-state index contributed by atoms with van der Waals surface area (Å²) in [6.07, 6.45) is 7.65. The van der Waals surface area contributed by atoms with Crippen LogP contribution in [-0.2, 0) is 9.84 Å². The molecule has 15 heavy (non-hydrogen) atoms. The Hall–Kier alpha value is -0.0900. The first-order valence-electron chi connectivity index (χ1n) is 5.98. The molecule has 2 fully saturated rings. The van der Waals surface area contributed by atoms with Crippen LogP contribution in [0, 0.1) is 5.92 Å². The molecule has 2 aliphatic rings. The SMILES string of the molecule is NC1(CCC2CCS(=O)(=O)C2)CCCC1. The zero-order chi connectivity index (χ0) is 10.9. The van der Waals surface area contributed by atoms with E-state index < -0.39 is 9.84 Å². The predicted molar refractivity (Wildman–Crippen MR) is 61.4 cm³/mol. The molecule has 1 atom stereocenters. The smallest absolute Gasteiger partial charge is 0.150 e. The summed E-state index contributed by atoms with van der Waals surface area (Å²) in [5.41, 5.74) is 6.29. The van der Waals surface area contributed by atoms with E-state index in [4.69, 9.17) is 5.73 Å². The molecule has 1 unspecified atom stereocenters. The van der Waals surface area contributed by atoms with Gasteiger partial charge in [-0.05, 0) is 38.0 Å². The Bertz CT molecular complexity index is 317. The van der Waals surface area contributed by atoms with Gasteiger partial charge in [0, 0.05) is 5.54 Å². The van der Waals surface area contributed by atoms with Gasteiger partial charge >= 0.3 is 0 Å². The third kappa shape index (κ3) is 2.94. The number of sulfone groups is 1. The van der Waals surface area contributed by atoms with Crippen molar-refractivity contribution in [2.24, 2.45) is 11.7 Å². The average Bonchev–Trinajstić information content (AvgIpc) is 2.70. The van der Waals surface area contributed by atoms with E-state index in [-0.39, 0.29) is 5.54 Å². The van der Waals surface area contributed by atoms with Crippen LogP contribution in [0.3, 0.4) is 0 Å². The minimum absolute atomic E-state index is 0.0341. The first-order chi connectivity index (χ1) is 6.99. The molecule has 2 rings (SSSR count). The lowest BCUT2D eigenvalue weighted by Gasteiger charge is -2.24. The summed E-state index contributed by atoms with van der Waals surface area (Å²) >= 11 is 0. The van der Waals surface area contributed by atoms with E-state index in [0.717, 1.165) is 32.1 Å². The van der Waals surface area contributed by atoms with Crippen LogP contribution in [0.4, 0.5) is 0 Å². The summed E-state index contributed by atoms with van der Waals surface area (Å²) in [5, 5.41) is 0. The minimum atomic E-state index is -2.70. The van der Waals surface area contributed by atoms with Crippen LogP contribution >= 0.6 is 0 Å². The number of nitrogens with two attached hydrogens (primary N) is 1. The molecule has 4 heteroatoms. The molecule has 2 N–H and O–H groups in total.